The number of methoxy groups -OCH3 is 2. The van der Waals surface area contributed by atoms with Crippen LogP contribution in [0.1, 0.15) is 51.1 Å². The highest BCUT2D eigenvalue weighted by Crippen LogP contribution is 2.33. The second-order valence-electron chi connectivity index (χ2n) is 8.63. The van der Waals surface area contributed by atoms with E-state index in [0.29, 0.717) is 37.0 Å². The number of hydrogen-bond donors (Lipinski definition) is 0. The number of ether oxygens (including phenoxy) is 2. The van der Waals surface area contributed by atoms with E-state index in [1.807, 2.05) is 48.0 Å². The van der Waals surface area contributed by atoms with Crippen molar-refractivity contribution >= 4 is 40.5 Å². The van der Waals surface area contributed by atoms with Gasteiger partial charge in [-0.3, -0.25) is 9.59 Å². The van der Waals surface area contributed by atoms with Gasteiger partial charge in [0.15, 0.2) is 0 Å². The van der Waals surface area contributed by atoms with Crippen molar-refractivity contribution in [3.05, 3.63) is 41.6 Å². The number of carbonyl (C=O) groups excluding carboxylic acids is 3. The summed E-state index contributed by atoms with van der Waals surface area (Å²) in [6, 6.07) is 7.24. The molecule has 8 nitrogen and oxygen atoms in total. The molecular formula is C25H29N3O5. The molecule has 0 N–H and O–H groups in total. The third kappa shape index (κ3) is 4.17. The van der Waals surface area contributed by atoms with Crippen LogP contribution in [0.25, 0.3) is 17.0 Å². The smallest absolute Gasteiger partial charge is 0.328 e. The number of fused-ring (bicyclic) bond motifs is 1. The lowest BCUT2D eigenvalue weighted by atomic mass is 9.85. The summed E-state index contributed by atoms with van der Waals surface area (Å²) in [5.41, 5.74) is 2.93. The summed E-state index contributed by atoms with van der Waals surface area (Å²) in [5.74, 6) is -0.753. The number of esters is 2. The number of para-hydroxylation sites is 1. The lowest BCUT2D eigenvalue weighted by molar-refractivity contribution is -0.147. The highest BCUT2D eigenvalue weighted by atomic mass is 16.5. The normalized spacial score (nSPS) is 23.0. The second kappa shape index (κ2) is 9.21. The molecule has 2 aliphatic rings. The molecule has 1 atom stereocenters. The summed E-state index contributed by atoms with van der Waals surface area (Å²) >= 11 is 0. The summed E-state index contributed by atoms with van der Waals surface area (Å²) in [4.78, 5) is 37.3. The van der Waals surface area contributed by atoms with Crippen LogP contribution in [0.5, 0.6) is 0 Å². The van der Waals surface area contributed by atoms with Gasteiger partial charge in [-0.25, -0.2) is 9.80 Å². The summed E-state index contributed by atoms with van der Waals surface area (Å²) < 4.78 is 11.6. The fourth-order valence-electron chi connectivity index (χ4n) is 4.78. The Morgan fingerprint density at radius 2 is 1.82 bits per heavy atom. The maximum Gasteiger partial charge on any atom is 0.328 e. The summed E-state index contributed by atoms with van der Waals surface area (Å²) in [6.07, 6.45) is 6.53. The number of nitrogens with zero attached hydrogens (tertiary/aromatic N) is 3. The molecule has 1 aliphatic heterocycles. The molecule has 4 rings (SSSR count). The lowest BCUT2D eigenvalue weighted by Crippen LogP contribution is -2.38. The standard InChI is InChI=1S/C25H29N3O5/c1-15-21(23(29)28(26-15)19-11-9-17(10-12-19)25(31)33-4)13-18-14-27(16(2)24(30)32-3)22-8-6-5-7-20(18)22/h5-8,13-14,16-17,19H,9-12H2,1-4H3/b21-13-. The molecule has 2 heterocycles. The van der Waals surface area contributed by atoms with Crippen LogP contribution in [-0.4, -0.2) is 53.4 Å². The molecule has 1 unspecified atom stereocenters. The average Bonchev–Trinajstić information content (AvgIpc) is 3.35. The van der Waals surface area contributed by atoms with Crippen molar-refractivity contribution in [3.8, 4) is 0 Å². The minimum absolute atomic E-state index is 0.0278. The number of hydrogen-bond acceptors (Lipinski definition) is 6. The molecule has 33 heavy (non-hydrogen) atoms. The van der Waals surface area contributed by atoms with Gasteiger partial charge in [-0.05, 0) is 51.7 Å². The van der Waals surface area contributed by atoms with Gasteiger partial charge < -0.3 is 14.0 Å². The number of rotatable bonds is 5. The monoisotopic (exact) mass is 451 g/mol. The maximum absolute atomic E-state index is 13.3. The van der Waals surface area contributed by atoms with E-state index in [-0.39, 0.29) is 29.8 Å². The van der Waals surface area contributed by atoms with Gasteiger partial charge in [-0.2, -0.15) is 5.10 Å². The van der Waals surface area contributed by atoms with Gasteiger partial charge in [0.2, 0.25) is 0 Å². The van der Waals surface area contributed by atoms with Gasteiger partial charge in [-0.1, -0.05) is 18.2 Å². The van der Waals surface area contributed by atoms with Crippen LogP contribution >= 0.6 is 0 Å². The van der Waals surface area contributed by atoms with Gasteiger partial charge in [0.1, 0.15) is 6.04 Å². The van der Waals surface area contributed by atoms with E-state index in [2.05, 4.69) is 5.10 Å². The van der Waals surface area contributed by atoms with Crippen LogP contribution in [0.3, 0.4) is 0 Å². The molecule has 8 heteroatoms. The third-order valence-corrected chi connectivity index (χ3v) is 6.69. The molecule has 0 spiro atoms. The van der Waals surface area contributed by atoms with Crippen LogP contribution in [0.15, 0.2) is 41.1 Å². The molecule has 0 bridgehead atoms. The topological polar surface area (TPSA) is 90.2 Å². The van der Waals surface area contributed by atoms with Crippen molar-refractivity contribution in [3.63, 3.8) is 0 Å². The maximum atomic E-state index is 13.3. The minimum Gasteiger partial charge on any atom is -0.469 e. The molecule has 2 aromatic rings. The first-order valence-corrected chi connectivity index (χ1v) is 11.2. The quantitative estimate of drug-likeness (QED) is 0.511. The van der Waals surface area contributed by atoms with E-state index in [1.54, 1.807) is 11.9 Å². The first-order valence-electron chi connectivity index (χ1n) is 11.2. The van der Waals surface area contributed by atoms with E-state index in [4.69, 9.17) is 9.47 Å². The Kier molecular flexibility index (Phi) is 6.35. The fourth-order valence-corrected chi connectivity index (χ4v) is 4.78. The molecule has 1 aromatic heterocycles. The molecule has 0 saturated heterocycles. The summed E-state index contributed by atoms with van der Waals surface area (Å²) in [5, 5.41) is 7.08. The zero-order valence-electron chi connectivity index (χ0n) is 19.4. The Bertz CT molecular complexity index is 1150. The van der Waals surface area contributed by atoms with E-state index < -0.39 is 6.04 Å². The summed E-state index contributed by atoms with van der Waals surface area (Å²) in [6.45, 7) is 3.62. The Morgan fingerprint density at radius 1 is 1.12 bits per heavy atom. The Labute approximate surface area is 192 Å². The largest absolute Gasteiger partial charge is 0.469 e. The molecule has 1 amide bonds. The van der Waals surface area contributed by atoms with Crippen LogP contribution in [0, 0.1) is 5.92 Å². The van der Waals surface area contributed by atoms with Gasteiger partial charge in [0, 0.05) is 22.7 Å². The lowest BCUT2D eigenvalue weighted by Gasteiger charge is -2.31. The fraction of sp³-hybridized carbons (Fsp3) is 0.440. The van der Waals surface area contributed by atoms with Crippen molar-refractivity contribution in [2.75, 3.05) is 14.2 Å². The van der Waals surface area contributed by atoms with Crippen LogP contribution < -0.4 is 0 Å². The van der Waals surface area contributed by atoms with Crippen molar-refractivity contribution in [2.45, 2.75) is 51.6 Å². The molecule has 1 saturated carbocycles. The number of amides is 1. The first kappa shape index (κ1) is 22.8. The molecule has 1 aliphatic carbocycles. The Balaban J connectivity index is 1.61. The summed E-state index contributed by atoms with van der Waals surface area (Å²) in [7, 11) is 2.78. The Hall–Kier alpha value is -3.42. The van der Waals surface area contributed by atoms with Crippen LogP contribution in [-0.2, 0) is 23.9 Å². The molecule has 174 valence electrons. The van der Waals surface area contributed by atoms with Crippen molar-refractivity contribution in [1.82, 2.24) is 9.58 Å². The van der Waals surface area contributed by atoms with Crippen molar-refractivity contribution in [2.24, 2.45) is 11.0 Å². The molecule has 1 aromatic carbocycles. The first-order chi connectivity index (χ1) is 15.8. The minimum atomic E-state index is -0.498. The van der Waals surface area contributed by atoms with E-state index in [0.717, 1.165) is 16.5 Å². The molecule has 1 fully saturated rings. The highest BCUT2D eigenvalue weighted by molar-refractivity contribution is 6.27. The van der Waals surface area contributed by atoms with E-state index in [1.165, 1.54) is 14.2 Å². The highest BCUT2D eigenvalue weighted by Gasteiger charge is 2.37. The van der Waals surface area contributed by atoms with Crippen LogP contribution in [0.4, 0.5) is 0 Å². The predicted molar refractivity (Wildman–Crippen MR) is 124 cm³/mol. The molecular weight excluding hydrogens is 422 g/mol. The van der Waals surface area contributed by atoms with Gasteiger partial charge in [0.05, 0.1) is 37.5 Å². The van der Waals surface area contributed by atoms with Gasteiger partial charge in [0.25, 0.3) is 5.91 Å². The SMILES string of the molecule is COC(=O)C1CCC(N2N=C(C)/C(=C/c3cn(C(C)C(=O)OC)c4ccccc34)C2=O)CC1. The average molecular weight is 452 g/mol. The number of benzene rings is 1. The van der Waals surface area contributed by atoms with Crippen LogP contribution in [0.2, 0.25) is 0 Å². The van der Waals surface area contributed by atoms with Crippen molar-refractivity contribution < 1.29 is 23.9 Å². The number of aromatic nitrogens is 1. The second-order valence-corrected chi connectivity index (χ2v) is 8.63. The molecule has 0 radical (unpaired) electrons. The third-order valence-electron chi connectivity index (χ3n) is 6.69. The van der Waals surface area contributed by atoms with Gasteiger partial charge >= 0.3 is 11.9 Å². The van der Waals surface area contributed by atoms with Gasteiger partial charge in [-0.15, -0.1) is 0 Å². The van der Waals surface area contributed by atoms with E-state index in [9.17, 15) is 14.4 Å². The predicted octanol–water partition coefficient (Wildman–Crippen LogP) is 3.71. The van der Waals surface area contributed by atoms with Crippen molar-refractivity contribution in [1.29, 1.82) is 0 Å². The Morgan fingerprint density at radius 3 is 2.48 bits per heavy atom. The number of hydrazone groups is 1. The van der Waals surface area contributed by atoms with E-state index >= 15 is 0 Å². The number of carbonyl (C=O) groups is 3. The zero-order valence-corrected chi connectivity index (χ0v) is 19.4. The zero-order chi connectivity index (χ0) is 23.7.